The van der Waals surface area contributed by atoms with Gasteiger partial charge in [0.25, 0.3) is 0 Å². The molecule has 1 saturated carbocycles. The summed E-state index contributed by atoms with van der Waals surface area (Å²) in [6, 6.07) is 30.3. The molecule has 47 heavy (non-hydrogen) atoms. The Morgan fingerprint density at radius 2 is 0.851 bits per heavy atom. The predicted octanol–water partition coefficient (Wildman–Crippen LogP) is 11.3. The summed E-state index contributed by atoms with van der Waals surface area (Å²) in [5, 5.41) is 1.31. The van der Waals surface area contributed by atoms with Crippen LogP contribution in [0.2, 0.25) is 0 Å². The van der Waals surface area contributed by atoms with Crippen LogP contribution in [0.5, 0.6) is 23.0 Å². The summed E-state index contributed by atoms with van der Waals surface area (Å²) >= 11 is 0. The summed E-state index contributed by atoms with van der Waals surface area (Å²) < 4.78 is 26.2. The molecule has 5 heteroatoms. The molecular weight excluding hydrogens is 599 g/mol. The average Bonchev–Trinajstić information content (AvgIpc) is 3.02. The Balaban J connectivity index is 1.87. The number of ether oxygens (including phenoxy) is 4. The van der Waals surface area contributed by atoms with E-state index in [0.717, 1.165) is 58.1 Å². The van der Waals surface area contributed by atoms with Gasteiger partial charge in [-0.1, -0.05) is 88.5 Å². The number of hydrogen-bond acceptors (Lipinski definition) is 4. The summed E-state index contributed by atoms with van der Waals surface area (Å²) in [5.41, 5.74) is 5.72. The third-order valence-electron chi connectivity index (χ3n) is 8.43. The van der Waals surface area contributed by atoms with Crippen LogP contribution < -0.4 is 24.3 Å². The lowest BCUT2D eigenvalue weighted by molar-refractivity contribution is 0.231. The molecule has 0 aliphatic heterocycles. The molecule has 1 aliphatic carbocycles. The molecule has 0 radical (unpaired) electrons. The maximum atomic E-state index is 6.55. The second-order valence-electron chi connectivity index (χ2n) is 13.8. The van der Waals surface area contributed by atoms with Gasteiger partial charge in [0.1, 0.15) is 23.0 Å². The van der Waals surface area contributed by atoms with Gasteiger partial charge >= 0.3 is 0 Å². The van der Waals surface area contributed by atoms with Crippen molar-refractivity contribution in [2.75, 3.05) is 0 Å². The summed E-state index contributed by atoms with van der Waals surface area (Å²) in [4.78, 5) is 0. The zero-order valence-corrected chi connectivity index (χ0v) is 30.6. The standard InChI is InChI=1S/C42H53O4P/c1-28(2)43-35-22-16-23-36(44-29(3)4)39(35)33-20-15-21-34(40-37(45-30(5)6)24-17-25-38(40)46-31(7)8)41(33)47-42(26-13-10-14-27-42)32-18-11-9-12-19-32/h9,11-12,15-25,28-31,47H,10,13-14,26-27H2,1-8H3. The van der Waals surface area contributed by atoms with Crippen LogP contribution in [-0.2, 0) is 5.16 Å². The number of benzene rings is 4. The maximum absolute atomic E-state index is 6.55. The van der Waals surface area contributed by atoms with Gasteiger partial charge in [-0.25, -0.2) is 0 Å². The van der Waals surface area contributed by atoms with E-state index in [2.05, 4.69) is 128 Å². The molecule has 0 N–H and O–H groups in total. The molecule has 250 valence electrons. The Morgan fingerprint density at radius 1 is 0.468 bits per heavy atom. The highest BCUT2D eigenvalue weighted by Gasteiger charge is 2.37. The maximum Gasteiger partial charge on any atom is 0.131 e. The third-order valence-corrected chi connectivity index (χ3v) is 10.5. The van der Waals surface area contributed by atoms with Crippen LogP contribution in [0.1, 0.15) is 93.1 Å². The van der Waals surface area contributed by atoms with E-state index in [9.17, 15) is 0 Å². The molecular formula is C42H53O4P. The fraction of sp³-hybridized carbons (Fsp3) is 0.429. The molecule has 1 unspecified atom stereocenters. The normalized spacial score (nSPS) is 14.8. The van der Waals surface area contributed by atoms with Gasteiger partial charge in [-0.05, 0) is 114 Å². The summed E-state index contributed by atoms with van der Waals surface area (Å²) in [5.74, 6) is 3.35. The largest absolute Gasteiger partial charge is 0.490 e. The summed E-state index contributed by atoms with van der Waals surface area (Å²) in [6.07, 6.45) is 6.09. The van der Waals surface area contributed by atoms with Crippen molar-refractivity contribution in [2.24, 2.45) is 0 Å². The zero-order valence-electron chi connectivity index (χ0n) is 29.6. The topological polar surface area (TPSA) is 36.9 Å². The van der Waals surface area contributed by atoms with Crippen LogP contribution in [0.3, 0.4) is 0 Å². The third kappa shape index (κ3) is 8.33. The van der Waals surface area contributed by atoms with Crippen LogP contribution in [0.4, 0.5) is 0 Å². The van der Waals surface area contributed by atoms with Gasteiger partial charge in [0.15, 0.2) is 0 Å². The monoisotopic (exact) mass is 652 g/mol. The Labute approximate surface area is 285 Å². The highest BCUT2D eigenvalue weighted by molar-refractivity contribution is 7.49. The lowest BCUT2D eigenvalue weighted by Crippen LogP contribution is -2.27. The molecule has 4 aromatic carbocycles. The summed E-state index contributed by atoms with van der Waals surface area (Å²) in [7, 11) is 0.497. The molecule has 4 aromatic rings. The predicted molar refractivity (Wildman–Crippen MR) is 200 cm³/mol. The van der Waals surface area contributed by atoms with Gasteiger partial charge in [0.05, 0.1) is 35.5 Å². The van der Waals surface area contributed by atoms with E-state index >= 15 is 0 Å². The average molecular weight is 653 g/mol. The van der Waals surface area contributed by atoms with E-state index in [1.807, 2.05) is 12.1 Å². The second kappa shape index (κ2) is 15.6. The first kappa shape index (κ1) is 34.8. The van der Waals surface area contributed by atoms with Gasteiger partial charge < -0.3 is 18.9 Å². The minimum absolute atomic E-state index is 0.0114. The van der Waals surface area contributed by atoms with Crippen molar-refractivity contribution in [1.29, 1.82) is 0 Å². The molecule has 1 aliphatic rings. The van der Waals surface area contributed by atoms with Crippen LogP contribution >= 0.6 is 8.58 Å². The van der Waals surface area contributed by atoms with Crippen molar-refractivity contribution in [1.82, 2.24) is 0 Å². The van der Waals surface area contributed by atoms with Gasteiger partial charge in [0.2, 0.25) is 0 Å². The van der Waals surface area contributed by atoms with Crippen molar-refractivity contribution in [3.05, 3.63) is 90.5 Å². The Hall–Kier alpha value is -3.49. The number of hydrogen-bond donors (Lipinski definition) is 0. The fourth-order valence-electron chi connectivity index (χ4n) is 6.70. The van der Waals surface area contributed by atoms with Crippen LogP contribution in [0, 0.1) is 0 Å². The Bertz CT molecular complexity index is 1460. The molecule has 1 atom stereocenters. The van der Waals surface area contributed by atoms with Crippen molar-refractivity contribution in [2.45, 2.75) is 117 Å². The molecule has 1 fully saturated rings. The van der Waals surface area contributed by atoms with Gasteiger partial charge in [-0.3, -0.25) is 0 Å². The van der Waals surface area contributed by atoms with Crippen molar-refractivity contribution in [3.63, 3.8) is 0 Å². The SMILES string of the molecule is CC(C)Oc1cccc(OC(C)C)c1-c1cccc(-c2c(OC(C)C)cccc2OC(C)C)c1PC1(c2ccccc2)CCCCC1. The van der Waals surface area contributed by atoms with E-state index in [0.29, 0.717) is 8.58 Å². The first-order valence-corrected chi connectivity index (χ1v) is 18.5. The quantitative estimate of drug-likeness (QED) is 0.135. The van der Waals surface area contributed by atoms with Crippen molar-refractivity contribution < 1.29 is 18.9 Å². The van der Waals surface area contributed by atoms with E-state index < -0.39 is 0 Å². The van der Waals surface area contributed by atoms with Crippen molar-refractivity contribution >= 4 is 13.9 Å². The molecule has 0 aromatic heterocycles. The van der Waals surface area contributed by atoms with Crippen molar-refractivity contribution in [3.8, 4) is 45.3 Å². The van der Waals surface area contributed by atoms with Gasteiger partial charge in [0, 0.05) is 5.16 Å². The van der Waals surface area contributed by atoms with Crippen LogP contribution in [0.25, 0.3) is 22.3 Å². The minimum atomic E-state index is 0.0114. The first-order chi connectivity index (χ1) is 22.6. The van der Waals surface area contributed by atoms with Crippen LogP contribution in [0.15, 0.2) is 84.9 Å². The first-order valence-electron chi connectivity index (χ1n) is 17.5. The van der Waals surface area contributed by atoms with Gasteiger partial charge in [-0.2, -0.15) is 0 Å². The molecule has 5 rings (SSSR count). The highest BCUT2D eigenvalue weighted by Crippen LogP contribution is 2.55. The molecule has 4 nitrogen and oxygen atoms in total. The molecule has 0 saturated heterocycles. The zero-order chi connectivity index (χ0) is 33.6. The Morgan fingerprint density at radius 3 is 1.23 bits per heavy atom. The smallest absolute Gasteiger partial charge is 0.131 e. The molecule has 0 spiro atoms. The highest BCUT2D eigenvalue weighted by atomic mass is 31.1. The molecule has 0 heterocycles. The second-order valence-corrected chi connectivity index (χ2v) is 15.5. The van der Waals surface area contributed by atoms with E-state index in [1.54, 1.807) is 0 Å². The minimum Gasteiger partial charge on any atom is -0.490 e. The van der Waals surface area contributed by atoms with E-state index in [1.165, 1.54) is 30.1 Å². The van der Waals surface area contributed by atoms with Gasteiger partial charge in [-0.15, -0.1) is 0 Å². The lowest BCUT2D eigenvalue weighted by Gasteiger charge is -2.39. The fourth-order valence-corrected chi connectivity index (χ4v) is 8.78. The lowest BCUT2D eigenvalue weighted by atomic mass is 9.83. The van der Waals surface area contributed by atoms with E-state index in [-0.39, 0.29) is 29.6 Å². The van der Waals surface area contributed by atoms with E-state index in [4.69, 9.17) is 18.9 Å². The van der Waals surface area contributed by atoms with Crippen LogP contribution in [-0.4, -0.2) is 24.4 Å². The number of rotatable bonds is 13. The summed E-state index contributed by atoms with van der Waals surface area (Å²) in [6.45, 7) is 16.7. The molecule has 0 amide bonds. The Kier molecular flexibility index (Phi) is 11.6. The molecule has 0 bridgehead atoms.